The molecule has 1 aromatic heterocycles. The molecule has 1 aliphatic heterocycles. The summed E-state index contributed by atoms with van der Waals surface area (Å²) in [7, 11) is 1.70. The van der Waals surface area contributed by atoms with E-state index in [1.807, 2.05) is 52.8 Å². The van der Waals surface area contributed by atoms with Crippen molar-refractivity contribution >= 4 is 29.4 Å². The second-order valence-electron chi connectivity index (χ2n) is 13.2. The van der Waals surface area contributed by atoms with Crippen molar-refractivity contribution in [2.24, 2.45) is 11.8 Å². The van der Waals surface area contributed by atoms with Gasteiger partial charge in [-0.05, 0) is 51.0 Å². The number of nitrogens with one attached hydrogen (secondary N) is 1. The molecule has 1 fully saturated rings. The molecule has 10 nitrogen and oxygen atoms in total. The molecule has 244 valence electrons. The molecule has 11 heteroatoms. The molecule has 3 atom stereocenters. The lowest BCUT2D eigenvalue weighted by atomic mass is 9.96. The third-order valence-electron chi connectivity index (χ3n) is 7.36. The van der Waals surface area contributed by atoms with E-state index in [9.17, 15) is 14.4 Å². The number of hydrogen-bond donors (Lipinski definition) is 1. The Morgan fingerprint density at radius 2 is 1.73 bits per heavy atom. The molecule has 44 heavy (non-hydrogen) atoms. The van der Waals surface area contributed by atoms with Crippen molar-refractivity contribution in [3.05, 3.63) is 52.0 Å². The number of nitrogens with zero attached hydrogens (tertiary/aromatic N) is 3. The zero-order chi connectivity index (χ0) is 32.4. The summed E-state index contributed by atoms with van der Waals surface area (Å²) in [6.07, 6.45) is 0.135. The van der Waals surface area contributed by atoms with Crippen molar-refractivity contribution < 1.29 is 28.6 Å². The predicted molar refractivity (Wildman–Crippen MR) is 172 cm³/mol. The molecule has 0 bridgehead atoms. The van der Waals surface area contributed by atoms with E-state index in [0.29, 0.717) is 50.1 Å². The summed E-state index contributed by atoms with van der Waals surface area (Å²) in [5.74, 6) is 0.155. The van der Waals surface area contributed by atoms with Gasteiger partial charge in [-0.2, -0.15) is 0 Å². The fourth-order valence-corrected chi connectivity index (χ4v) is 6.01. The minimum atomic E-state index is -0.773. The SMILES string of the molecule is CC(C)C[C@H](Cc1ccccc1)NC(=O)c1csc([C@@H](C[C@H](C(C)C)N(C)C(=O)OC(C)(C)C)OC(=O)N2CCOCC2)n1. The molecule has 2 aromatic rings. The highest BCUT2D eigenvalue weighted by molar-refractivity contribution is 7.09. The van der Waals surface area contributed by atoms with Crippen LogP contribution in [-0.2, 0) is 20.6 Å². The molecule has 0 unspecified atom stereocenters. The van der Waals surface area contributed by atoms with E-state index >= 15 is 0 Å². The second-order valence-corrected chi connectivity index (χ2v) is 14.1. The minimum Gasteiger partial charge on any atom is -0.444 e. The maximum atomic E-state index is 13.4. The molecule has 3 rings (SSSR count). The first-order valence-corrected chi connectivity index (χ1v) is 16.4. The number of rotatable bonds is 12. The molecule has 0 radical (unpaired) electrons. The predicted octanol–water partition coefficient (Wildman–Crippen LogP) is 6.32. The Morgan fingerprint density at radius 1 is 1.07 bits per heavy atom. The van der Waals surface area contributed by atoms with E-state index in [-0.39, 0.29) is 29.6 Å². The highest BCUT2D eigenvalue weighted by Crippen LogP contribution is 2.31. The zero-order valence-corrected chi connectivity index (χ0v) is 28.3. The van der Waals surface area contributed by atoms with Crippen LogP contribution in [0.4, 0.5) is 9.59 Å². The summed E-state index contributed by atoms with van der Waals surface area (Å²) in [5, 5.41) is 5.39. The molecule has 1 saturated heterocycles. The van der Waals surface area contributed by atoms with Crippen LogP contribution in [0.3, 0.4) is 0 Å². The fourth-order valence-electron chi connectivity index (χ4n) is 5.17. The van der Waals surface area contributed by atoms with Crippen molar-refractivity contribution in [1.29, 1.82) is 0 Å². The Bertz CT molecular complexity index is 1210. The largest absolute Gasteiger partial charge is 0.444 e. The number of hydrogen-bond acceptors (Lipinski definition) is 8. The molecular weight excluding hydrogens is 580 g/mol. The molecular formula is C33H50N4O6S. The Balaban J connectivity index is 1.83. The monoisotopic (exact) mass is 630 g/mol. The van der Waals surface area contributed by atoms with Gasteiger partial charge in [-0.1, -0.05) is 58.0 Å². The van der Waals surface area contributed by atoms with Gasteiger partial charge in [0.1, 0.15) is 16.3 Å². The van der Waals surface area contributed by atoms with Crippen molar-refractivity contribution in [2.75, 3.05) is 33.4 Å². The van der Waals surface area contributed by atoms with Crippen LogP contribution in [0.15, 0.2) is 35.7 Å². The summed E-state index contributed by atoms with van der Waals surface area (Å²) in [4.78, 5) is 47.5. The number of ether oxygens (including phenoxy) is 3. The van der Waals surface area contributed by atoms with Gasteiger partial charge in [-0.3, -0.25) is 4.79 Å². The molecule has 1 aliphatic rings. The zero-order valence-electron chi connectivity index (χ0n) is 27.5. The van der Waals surface area contributed by atoms with Crippen molar-refractivity contribution in [1.82, 2.24) is 20.1 Å². The first-order chi connectivity index (χ1) is 20.7. The van der Waals surface area contributed by atoms with E-state index in [2.05, 4.69) is 36.3 Å². The van der Waals surface area contributed by atoms with E-state index in [1.165, 1.54) is 11.3 Å². The van der Waals surface area contributed by atoms with Gasteiger partial charge in [-0.25, -0.2) is 14.6 Å². The first-order valence-electron chi connectivity index (χ1n) is 15.5. The van der Waals surface area contributed by atoms with Gasteiger partial charge in [0.05, 0.1) is 13.2 Å². The number of morpholine rings is 1. The van der Waals surface area contributed by atoms with Gasteiger partial charge >= 0.3 is 12.2 Å². The standard InChI is InChI=1S/C33H50N4O6S/c1-22(2)18-25(19-24-12-10-9-11-13-24)34-29(38)26-21-44-30(35-26)28(42-32(40)37-14-16-41-17-15-37)20-27(23(3)4)36(8)31(39)43-33(5,6)7/h9-13,21-23,25,27-28H,14-20H2,1-8H3,(H,34,38)/t25-,27-,28-/m1/s1. The van der Waals surface area contributed by atoms with Gasteiger partial charge in [0.2, 0.25) is 0 Å². The molecule has 1 aromatic carbocycles. The highest BCUT2D eigenvalue weighted by Gasteiger charge is 2.34. The summed E-state index contributed by atoms with van der Waals surface area (Å²) in [6, 6.07) is 9.72. The lowest BCUT2D eigenvalue weighted by molar-refractivity contribution is -0.00533. The third-order valence-corrected chi connectivity index (χ3v) is 8.30. The molecule has 0 saturated carbocycles. The number of amides is 3. The topological polar surface area (TPSA) is 110 Å². The van der Waals surface area contributed by atoms with E-state index < -0.39 is 23.9 Å². The van der Waals surface area contributed by atoms with E-state index in [1.54, 1.807) is 22.2 Å². The summed E-state index contributed by atoms with van der Waals surface area (Å²) in [6.45, 7) is 15.5. The molecule has 1 N–H and O–H groups in total. The smallest absolute Gasteiger partial charge is 0.410 e. The normalized spacial score (nSPS) is 15.9. The van der Waals surface area contributed by atoms with Crippen molar-refractivity contribution in [3.63, 3.8) is 0 Å². The van der Waals surface area contributed by atoms with Crippen molar-refractivity contribution in [2.45, 2.75) is 91.5 Å². The van der Waals surface area contributed by atoms with Crippen LogP contribution in [0.1, 0.15) is 88.5 Å². The first kappa shape index (κ1) is 35.3. The van der Waals surface area contributed by atoms with Crippen LogP contribution >= 0.6 is 11.3 Å². The van der Waals surface area contributed by atoms with Gasteiger partial charge < -0.3 is 29.3 Å². The van der Waals surface area contributed by atoms with Crippen LogP contribution < -0.4 is 5.32 Å². The Kier molecular flexibility index (Phi) is 13.0. The summed E-state index contributed by atoms with van der Waals surface area (Å²) < 4.78 is 17.1. The number of carbonyl (C=O) groups excluding carboxylic acids is 3. The molecule has 0 aliphatic carbocycles. The average molecular weight is 631 g/mol. The highest BCUT2D eigenvalue weighted by atomic mass is 32.1. The number of carbonyl (C=O) groups is 3. The maximum Gasteiger partial charge on any atom is 0.410 e. The van der Waals surface area contributed by atoms with Crippen LogP contribution in [0, 0.1) is 11.8 Å². The molecule has 0 spiro atoms. The maximum absolute atomic E-state index is 13.4. The van der Waals surface area contributed by atoms with Crippen LogP contribution in [0.25, 0.3) is 0 Å². The lowest BCUT2D eigenvalue weighted by Gasteiger charge is -2.35. The number of benzene rings is 1. The van der Waals surface area contributed by atoms with Crippen LogP contribution in [-0.4, -0.2) is 83.9 Å². The van der Waals surface area contributed by atoms with Crippen molar-refractivity contribution in [3.8, 4) is 0 Å². The number of aromatic nitrogens is 1. The lowest BCUT2D eigenvalue weighted by Crippen LogP contribution is -2.45. The Morgan fingerprint density at radius 3 is 2.32 bits per heavy atom. The van der Waals surface area contributed by atoms with Gasteiger partial charge in [0, 0.05) is 44.0 Å². The van der Waals surface area contributed by atoms with Crippen LogP contribution in [0.2, 0.25) is 0 Å². The Labute approximate surface area is 266 Å². The summed E-state index contributed by atoms with van der Waals surface area (Å²) in [5.41, 5.74) is 0.780. The molecule has 3 amide bonds. The number of thiazole rings is 1. The van der Waals surface area contributed by atoms with Gasteiger partial charge in [-0.15, -0.1) is 11.3 Å². The van der Waals surface area contributed by atoms with Gasteiger partial charge in [0.25, 0.3) is 5.91 Å². The second kappa shape index (κ2) is 16.2. The van der Waals surface area contributed by atoms with E-state index in [0.717, 1.165) is 12.0 Å². The Hall–Kier alpha value is -3.18. The molecule has 2 heterocycles. The quantitative estimate of drug-likeness (QED) is 0.292. The van der Waals surface area contributed by atoms with Crippen LogP contribution in [0.5, 0.6) is 0 Å². The summed E-state index contributed by atoms with van der Waals surface area (Å²) >= 11 is 1.28. The third kappa shape index (κ3) is 11.1. The average Bonchev–Trinajstić information content (AvgIpc) is 3.45. The van der Waals surface area contributed by atoms with E-state index in [4.69, 9.17) is 14.2 Å². The fraction of sp³-hybridized carbons (Fsp3) is 0.636. The minimum absolute atomic E-state index is 0.0228. The van der Waals surface area contributed by atoms with Gasteiger partial charge in [0.15, 0.2) is 6.10 Å².